The maximum Gasteiger partial charge on any atom is 0.191 e. The van der Waals surface area contributed by atoms with Crippen molar-refractivity contribution < 1.29 is 4.74 Å². The first kappa shape index (κ1) is 12.1. The molecule has 2 aromatic heterocycles. The molecule has 0 spiro atoms. The molecule has 0 aliphatic rings. The fraction of sp³-hybridized carbons (Fsp3) is 0.364. The largest absolute Gasteiger partial charge is 0.384 e. The van der Waals surface area contributed by atoms with E-state index < -0.39 is 0 Å². The first-order valence-corrected chi connectivity index (χ1v) is 6.23. The van der Waals surface area contributed by atoms with E-state index in [9.17, 15) is 0 Å². The van der Waals surface area contributed by atoms with Crippen molar-refractivity contribution in [2.24, 2.45) is 7.05 Å². The van der Waals surface area contributed by atoms with E-state index in [1.807, 2.05) is 23.7 Å². The minimum Gasteiger partial charge on any atom is -0.384 e. The van der Waals surface area contributed by atoms with Gasteiger partial charge in [-0.1, -0.05) is 11.8 Å². The maximum atomic E-state index is 5.01. The van der Waals surface area contributed by atoms with Gasteiger partial charge in [-0.15, -0.1) is 10.2 Å². The lowest BCUT2D eigenvalue weighted by atomic mass is 10.3. The van der Waals surface area contributed by atoms with Crippen LogP contribution in [-0.2, 0) is 11.8 Å². The zero-order valence-electron chi connectivity index (χ0n) is 9.83. The lowest BCUT2D eigenvalue weighted by molar-refractivity contribution is 0.218. The second kappa shape index (κ2) is 5.79. The van der Waals surface area contributed by atoms with Gasteiger partial charge in [0.05, 0.1) is 6.61 Å². The van der Waals surface area contributed by atoms with E-state index >= 15 is 0 Å². The third-order valence-electron chi connectivity index (χ3n) is 2.27. The summed E-state index contributed by atoms with van der Waals surface area (Å²) in [5.41, 5.74) is 0.973. The van der Waals surface area contributed by atoms with E-state index in [-0.39, 0.29) is 0 Å². The molecule has 2 rings (SSSR count). The van der Waals surface area contributed by atoms with Gasteiger partial charge in [0.15, 0.2) is 11.0 Å². The molecule has 2 heterocycles. The van der Waals surface area contributed by atoms with Gasteiger partial charge in [0.1, 0.15) is 0 Å². The highest BCUT2D eigenvalue weighted by Gasteiger charge is 2.10. The molecule has 0 saturated heterocycles. The van der Waals surface area contributed by atoms with Gasteiger partial charge < -0.3 is 9.30 Å². The number of pyridine rings is 1. The van der Waals surface area contributed by atoms with Gasteiger partial charge in [-0.25, -0.2) is 0 Å². The van der Waals surface area contributed by atoms with E-state index in [1.165, 1.54) is 0 Å². The van der Waals surface area contributed by atoms with Crippen molar-refractivity contribution >= 4 is 11.8 Å². The molecule has 0 N–H and O–H groups in total. The van der Waals surface area contributed by atoms with E-state index in [1.54, 1.807) is 31.3 Å². The van der Waals surface area contributed by atoms with E-state index in [0.29, 0.717) is 6.61 Å². The Morgan fingerprint density at radius 3 is 3.00 bits per heavy atom. The van der Waals surface area contributed by atoms with Crippen molar-refractivity contribution in [1.82, 2.24) is 19.7 Å². The van der Waals surface area contributed by atoms with E-state index in [2.05, 4.69) is 15.2 Å². The minimum atomic E-state index is 0.708. The van der Waals surface area contributed by atoms with Crippen molar-refractivity contribution in [2.45, 2.75) is 5.16 Å². The molecule has 0 unspecified atom stereocenters. The molecule has 0 saturated carbocycles. The second-order valence-corrected chi connectivity index (χ2v) is 4.51. The molecular formula is C11H14N4OS. The lowest BCUT2D eigenvalue weighted by Crippen LogP contribution is -1.97. The van der Waals surface area contributed by atoms with Gasteiger partial charge in [-0.3, -0.25) is 4.98 Å². The number of ether oxygens (including phenoxy) is 1. The van der Waals surface area contributed by atoms with Crippen LogP contribution in [-0.4, -0.2) is 39.2 Å². The summed E-state index contributed by atoms with van der Waals surface area (Å²) < 4.78 is 6.98. The topological polar surface area (TPSA) is 52.8 Å². The molecule has 0 fully saturated rings. The highest BCUT2D eigenvalue weighted by atomic mass is 32.2. The number of aromatic nitrogens is 4. The number of nitrogens with zero attached hydrogens (tertiary/aromatic N) is 4. The van der Waals surface area contributed by atoms with Crippen LogP contribution >= 0.6 is 11.8 Å². The van der Waals surface area contributed by atoms with Crippen molar-refractivity contribution in [1.29, 1.82) is 0 Å². The first-order valence-electron chi connectivity index (χ1n) is 5.24. The highest BCUT2D eigenvalue weighted by Crippen LogP contribution is 2.21. The van der Waals surface area contributed by atoms with Crippen LogP contribution in [0.2, 0.25) is 0 Å². The Morgan fingerprint density at radius 1 is 1.41 bits per heavy atom. The van der Waals surface area contributed by atoms with Crippen LogP contribution in [0.1, 0.15) is 0 Å². The molecule has 0 aliphatic carbocycles. The van der Waals surface area contributed by atoms with Crippen LogP contribution in [0.5, 0.6) is 0 Å². The fourth-order valence-electron chi connectivity index (χ4n) is 1.40. The Kier molecular flexibility index (Phi) is 4.11. The second-order valence-electron chi connectivity index (χ2n) is 3.45. The Balaban J connectivity index is 2.15. The van der Waals surface area contributed by atoms with Gasteiger partial charge in [-0.05, 0) is 12.1 Å². The van der Waals surface area contributed by atoms with Gasteiger partial charge in [-0.2, -0.15) is 0 Å². The minimum absolute atomic E-state index is 0.708. The van der Waals surface area contributed by atoms with Gasteiger partial charge in [0, 0.05) is 37.9 Å². The van der Waals surface area contributed by atoms with Crippen molar-refractivity contribution in [3.63, 3.8) is 0 Å². The van der Waals surface area contributed by atoms with Gasteiger partial charge in [0.25, 0.3) is 0 Å². The molecule has 6 heteroatoms. The Morgan fingerprint density at radius 2 is 2.29 bits per heavy atom. The van der Waals surface area contributed by atoms with Crippen LogP contribution < -0.4 is 0 Å². The van der Waals surface area contributed by atoms with Crippen LogP contribution in [0.4, 0.5) is 0 Å². The molecule has 0 aromatic carbocycles. The summed E-state index contributed by atoms with van der Waals surface area (Å²) in [6.45, 7) is 0.708. The first-order chi connectivity index (χ1) is 8.33. The zero-order valence-corrected chi connectivity index (χ0v) is 10.6. The summed E-state index contributed by atoms with van der Waals surface area (Å²) in [7, 11) is 3.65. The molecule has 5 nitrogen and oxygen atoms in total. The van der Waals surface area contributed by atoms with Crippen molar-refractivity contribution in [2.75, 3.05) is 19.5 Å². The van der Waals surface area contributed by atoms with E-state index in [0.717, 1.165) is 22.3 Å². The molecule has 0 aliphatic heterocycles. The number of methoxy groups -OCH3 is 1. The molecule has 17 heavy (non-hydrogen) atoms. The molecule has 90 valence electrons. The van der Waals surface area contributed by atoms with Crippen LogP contribution in [0.3, 0.4) is 0 Å². The van der Waals surface area contributed by atoms with Gasteiger partial charge in [0.2, 0.25) is 0 Å². The third-order valence-corrected chi connectivity index (χ3v) is 3.26. The van der Waals surface area contributed by atoms with Crippen molar-refractivity contribution in [3.05, 3.63) is 24.5 Å². The van der Waals surface area contributed by atoms with Crippen molar-refractivity contribution in [3.8, 4) is 11.4 Å². The fourth-order valence-corrected chi connectivity index (χ4v) is 2.21. The number of thioether (sulfide) groups is 1. The zero-order chi connectivity index (χ0) is 12.1. The normalized spacial score (nSPS) is 10.7. The molecule has 0 atom stereocenters. The van der Waals surface area contributed by atoms with Crippen LogP contribution in [0.25, 0.3) is 11.4 Å². The number of hydrogen-bond donors (Lipinski definition) is 0. The number of hydrogen-bond acceptors (Lipinski definition) is 5. The van der Waals surface area contributed by atoms with Gasteiger partial charge >= 0.3 is 0 Å². The standard InChI is InChI=1S/C11H14N4OS/c1-15-10(9-4-3-5-12-8-9)13-14-11(15)17-7-6-16-2/h3-5,8H,6-7H2,1-2H3. The quantitative estimate of drug-likeness (QED) is 0.596. The summed E-state index contributed by atoms with van der Waals surface area (Å²) in [6.07, 6.45) is 3.53. The number of rotatable bonds is 5. The third kappa shape index (κ3) is 2.83. The summed E-state index contributed by atoms with van der Waals surface area (Å²) in [5, 5.41) is 9.22. The molecule has 0 bridgehead atoms. The van der Waals surface area contributed by atoms with Crippen LogP contribution in [0.15, 0.2) is 29.7 Å². The maximum absolute atomic E-state index is 5.01. The summed E-state index contributed by atoms with van der Waals surface area (Å²) in [4.78, 5) is 4.08. The molecular weight excluding hydrogens is 236 g/mol. The Hall–Kier alpha value is -1.40. The summed E-state index contributed by atoms with van der Waals surface area (Å²) >= 11 is 1.63. The molecule has 0 radical (unpaired) electrons. The Labute approximate surface area is 104 Å². The predicted molar refractivity (Wildman–Crippen MR) is 66.8 cm³/mol. The average Bonchev–Trinajstić information content (AvgIpc) is 2.73. The average molecular weight is 250 g/mol. The lowest BCUT2D eigenvalue weighted by Gasteiger charge is -2.02. The summed E-state index contributed by atoms with van der Waals surface area (Å²) in [5.74, 6) is 1.70. The predicted octanol–water partition coefficient (Wildman–Crippen LogP) is 1.62. The highest BCUT2D eigenvalue weighted by molar-refractivity contribution is 7.99. The molecule has 0 amide bonds. The van der Waals surface area contributed by atoms with E-state index in [4.69, 9.17) is 4.74 Å². The Bertz CT molecular complexity index is 472. The summed E-state index contributed by atoms with van der Waals surface area (Å²) in [6, 6.07) is 3.86. The monoisotopic (exact) mass is 250 g/mol. The molecule has 2 aromatic rings. The van der Waals surface area contributed by atoms with Crippen LogP contribution in [0, 0.1) is 0 Å². The SMILES string of the molecule is COCCSc1nnc(-c2cccnc2)n1C. The smallest absolute Gasteiger partial charge is 0.191 e.